The van der Waals surface area contributed by atoms with E-state index in [9.17, 15) is 14.3 Å². The number of nitrogens with one attached hydrogen (secondary N) is 1. The van der Waals surface area contributed by atoms with Crippen LogP contribution in [0.2, 0.25) is 5.02 Å². The molecule has 0 saturated carbocycles. The topological polar surface area (TPSA) is 67.2 Å². The van der Waals surface area contributed by atoms with Crippen LogP contribution in [-0.4, -0.2) is 32.4 Å². The van der Waals surface area contributed by atoms with Crippen LogP contribution in [0.1, 0.15) is 37.6 Å². The number of aliphatic hydroxyl groups excluding tert-OH is 1. The third kappa shape index (κ3) is 4.92. The molecule has 0 radical (unpaired) electrons. The summed E-state index contributed by atoms with van der Waals surface area (Å²) in [4.78, 5) is 13.0. The smallest absolute Gasteiger partial charge is 0.251 e. The van der Waals surface area contributed by atoms with Crippen molar-refractivity contribution in [3.05, 3.63) is 83.1 Å². The lowest BCUT2D eigenvalue weighted by atomic mass is 9.96. The van der Waals surface area contributed by atoms with Gasteiger partial charge in [0.15, 0.2) is 0 Å². The largest absolute Gasteiger partial charge is 0.393 e. The fraction of sp³-hybridized carbons (Fsp3) is 0.231. The number of fused-ring (bicyclic) bond motifs is 1. The number of benzene rings is 3. The van der Waals surface area contributed by atoms with Gasteiger partial charge in [0.25, 0.3) is 5.91 Å². The van der Waals surface area contributed by atoms with E-state index in [1.807, 2.05) is 38.1 Å². The summed E-state index contributed by atoms with van der Waals surface area (Å²) >= 11 is 6.45. The van der Waals surface area contributed by atoms with Crippen LogP contribution in [-0.2, 0) is 0 Å². The van der Waals surface area contributed by atoms with E-state index in [0.717, 1.165) is 10.9 Å². The Kier molecular flexibility index (Phi) is 6.23. The third-order valence-electron chi connectivity index (χ3n) is 5.40. The fourth-order valence-electron chi connectivity index (χ4n) is 4.06. The van der Waals surface area contributed by atoms with Gasteiger partial charge in [-0.1, -0.05) is 29.8 Å². The summed E-state index contributed by atoms with van der Waals surface area (Å²) in [5, 5.41) is 18.9. The summed E-state index contributed by atoms with van der Waals surface area (Å²) in [5.74, 6) is -0.601. The lowest BCUT2D eigenvalue weighted by Crippen LogP contribution is -2.45. The van der Waals surface area contributed by atoms with Crippen molar-refractivity contribution in [2.75, 3.05) is 0 Å². The van der Waals surface area contributed by atoms with Gasteiger partial charge in [-0.2, -0.15) is 5.10 Å². The van der Waals surface area contributed by atoms with Crippen molar-refractivity contribution in [1.82, 2.24) is 15.1 Å². The molecule has 1 atom stereocenters. The summed E-state index contributed by atoms with van der Waals surface area (Å²) in [5.41, 5.74) is 2.65. The zero-order valence-electron chi connectivity index (χ0n) is 18.6. The van der Waals surface area contributed by atoms with Crippen LogP contribution in [0, 0.1) is 5.82 Å². The van der Waals surface area contributed by atoms with Gasteiger partial charge < -0.3 is 10.4 Å². The van der Waals surface area contributed by atoms with Crippen LogP contribution in [0.25, 0.3) is 27.8 Å². The Hall–Kier alpha value is -3.22. The second kappa shape index (κ2) is 8.96. The molecule has 2 N–H and O–H groups in total. The van der Waals surface area contributed by atoms with Crippen molar-refractivity contribution in [3.63, 3.8) is 0 Å². The number of amides is 1. The first kappa shape index (κ1) is 23.0. The molecule has 0 aliphatic carbocycles. The molecular formula is C26H25ClFN3O2. The maximum Gasteiger partial charge on any atom is 0.251 e. The minimum Gasteiger partial charge on any atom is -0.393 e. The molecule has 0 aliphatic heterocycles. The fourth-order valence-corrected chi connectivity index (χ4v) is 4.28. The molecule has 1 unspecified atom stereocenters. The molecule has 0 spiro atoms. The minimum atomic E-state index is -0.583. The molecule has 5 nitrogen and oxygen atoms in total. The lowest BCUT2D eigenvalue weighted by Gasteiger charge is -2.27. The number of aliphatic hydroxyl groups is 1. The van der Waals surface area contributed by atoms with Crippen LogP contribution < -0.4 is 5.32 Å². The number of rotatable bonds is 6. The van der Waals surface area contributed by atoms with Gasteiger partial charge in [0.05, 0.1) is 22.3 Å². The maximum absolute atomic E-state index is 13.5. The van der Waals surface area contributed by atoms with E-state index < -0.39 is 11.6 Å². The van der Waals surface area contributed by atoms with Crippen molar-refractivity contribution in [1.29, 1.82) is 0 Å². The normalized spacial score (nSPS) is 12.7. The Labute approximate surface area is 196 Å². The number of nitrogens with zero attached hydrogens (tertiary/aromatic N) is 2. The Morgan fingerprint density at radius 1 is 1.15 bits per heavy atom. The van der Waals surface area contributed by atoms with Gasteiger partial charge in [-0.15, -0.1) is 0 Å². The number of carbonyl (C=O) groups is 1. The van der Waals surface area contributed by atoms with E-state index in [1.165, 1.54) is 12.1 Å². The van der Waals surface area contributed by atoms with Gasteiger partial charge in [-0.05, 0) is 75.7 Å². The zero-order valence-corrected chi connectivity index (χ0v) is 19.4. The molecule has 170 valence electrons. The summed E-state index contributed by atoms with van der Waals surface area (Å²) in [6.45, 7) is 5.43. The third-order valence-corrected chi connectivity index (χ3v) is 5.73. The average Bonchev–Trinajstić information content (AvgIpc) is 3.12. The van der Waals surface area contributed by atoms with Crippen LogP contribution >= 0.6 is 11.6 Å². The van der Waals surface area contributed by atoms with Crippen LogP contribution in [0.5, 0.6) is 0 Å². The van der Waals surface area contributed by atoms with Gasteiger partial charge in [0.2, 0.25) is 0 Å². The first-order valence-corrected chi connectivity index (χ1v) is 11.1. The number of carbonyl (C=O) groups excluding carboxylic acids is 1. The summed E-state index contributed by atoms with van der Waals surface area (Å²) in [6, 6.07) is 18.8. The molecule has 0 fully saturated rings. The predicted molar refractivity (Wildman–Crippen MR) is 129 cm³/mol. The molecule has 33 heavy (non-hydrogen) atoms. The molecule has 0 aliphatic rings. The number of aromatic nitrogens is 2. The SMILES string of the molecule is CC(O)CC(C)(C)NC(=O)c1ccc2c(-c3ccccc3Cl)nn(-c3ccc(F)cc3)c2c1. The summed E-state index contributed by atoms with van der Waals surface area (Å²) in [6.07, 6.45) is -0.119. The molecule has 4 rings (SSSR count). The minimum absolute atomic E-state index is 0.256. The van der Waals surface area contributed by atoms with E-state index in [0.29, 0.717) is 33.9 Å². The van der Waals surface area contributed by atoms with E-state index in [1.54, 1.807) is 41.9 Å². The Morgan fingerprint density at radius 3 is 2.52 bits per heavy atom. The first-order chi connectivity index (χ1) is 15.6. The standard InChI is InChI=1S/C26H25ClFN3O2/c1-16(32)15-26(2,3)29-25(33)17-8-13-21-23(14-17)31(19-11-9-18(28)10-12-19)30-24(21)20-6-4-5-7-22(20)27/h4-14,16,32H,15H2,1-3H3,(H,29,33). The van der Waals surface area contributed by atoms with E-state index >= 15 is 0 Å². The molecular weight excluding hydrogens is 441 g/mol. The van der Waals surface area contributed by atoms with Crippen molar-refractivity contribution in [2.45, 2.75) is 38.8 Å². The summed E-state index contributed by atoms with van der Waals surface area (Å²) in [7, 11) is 0. The molecule has 3 aromatic carbocycles. The zero-order chi connectivity index (χ0) is 23.8. The average molecular weight is 466 g/mol. The highest BCUT2D eigenvalue weighted by molar-refractivity contribution is 6.33. The van der Waals surface area contributed by atoms with E-state index in [2.05, 4.69) is 5.32 Å². The number of hydrogen-bond acceptors (Lipinski definition) is 3. The molecule has 1 aromatic heterocycles. The molecule has 1 amide bonds. The molecule has 4 aromatic rings. The van der Waals surface area contributed by atoms with Crippen molar-refractivity contribution >= 4 is 28.4 Å². The highest BCUT2D eigenvalue weighted by Crippen LogP contribution is 2.34. The molecule has 0 saturated heterocycles. The van der Waals surface area contributed by atoms with Crippen molar-refractivity contribution < 1.29 is 14.3 Å². The maximum atomic E-state index is 13.5. The van der Waals surface area contributed by atoms with Gasteiger partial charge in [0.1, 0.15) is 11.5 Å². The Balaban J connectivity index is 1.84. The highest BCUT2D eigenvalue weighted by atomic mass is 35.5. The van der Waals surface area contributed by atoms with Crippen molar-refractivity contribution in [2.24, 2.45) is 0 Å². The van der Waals surface area contributed by atoms with E-state index in [-0.39, 0.29) is 11.7 Å². The molecule has 1 heterocycles. The highest BCUT2D eigenvalue weighted by Gasteiger charge is 2.24. The number of halogens is 2. The molecule has 7 heteroatoms. The van der Waals surface area contributed by atoms with Gasteiger partial charge in [-0.25, -0.2) is 9.07 Å². The molecule has 0 bridgehead atoms. The van der Waals surface area contributed by atoms with Gasteiger partial charge in [0, 0.05) is 22.1 Å². The number of hydrogen-bond donors (Lipinski definition) is 2. The summed E-state index contributed by atoms with van der Waals surface area (Å²) < 4.78 is 15.2. The quantitative estimate of drug-likeness (QED) is 0.380. The van der Waals surface area contributed by atoms with Crippen LogP contribution in [0.4, 0.5) is 4.39 Å². The predicted octanol–water partition coefficient (Wildman–Crippen LogP) is 5.76. The van der Waals surface area contributed by atoms with Gasteiger partial charge in [-0.3, -0.25) is 4.79 Å². The Morgan fingerprint density at radius 2 is 1.85 bits per heavy atom. The first-order valence-electron chi connectivity index (χ1n) is 10.7. The van der Waals surface area contributed by atoms with E-state index in [4.69, 9.17) is 16.7 Å². The Bertz CT molecular complexity index is 1310. The van der Waals surface area contributed by atoms with Crippen LogP contribution in [0.3, 0.4) is 0 Å². The monoisotopic (exact) mass is 465 g/mol. The van der Waals surface area contributed by atoms with Crippen LogP contribution in [0.15, 0.2) is 66.7 Å². The van der Waals surface area contributed by atoms with Gasteiger partial charge >= 0.3 is 0 Å². The lowest BCUT2D eigenvalue weighted by molar-refractivity contribution is 0.0870. The van der Waals surface area contributed by atoms with Crippen molar-refractivity contribution in [3.8, 4) is 16.9 Å². The second-order valence-electron chi connectivity index (χ2n) is 8.84. The second-order valence-corrected chi connectivity index (χ2v) is 9.25.